The van der Waals surface area contributed by atoms with Gasteiger partial charge in [0, 0.05) is 19.3 Å². The van der Waals surface area contributed by atoms with E-state index in [-0.39, 0.29) is 17.3 Å². The summed E-state index contributed by atoms with van der Waals surface area (Å²) in [6, 6.07) is 10.2. The van der Waals surface area contributed by atoms with Crippen molar-refractivity contribution >= 4 is 17.7 Å². The highest BCUT2D eigenvalue weighted by molar-refractivity contribution is 7.99. The number of benzene rings is 1. The van der Waals surface area contributed by atoms with Gasteiger partial charge in [-0.05, 0) is 31.2 Å². The average Bonchev–Trinajstić information content (AvgIpc) is 3.29. The number of aliphatic hydroxyl groups excluding tert-OH is 1. The van der Waals surface area contributed by atoms with Crippen molar-refractivity contribution in [2.45, 2.75) is 36.9 Å². The first-order valence-corrected chi connectivity index (χ1v) is 8.21. The zero-order valence-electron chi connectivity index (χ0n) is 12.2. The zero-order chi connectivity index (χ0) is 14.5. The third-order valence-corrected chi connectivity index (χ3v) is 4.90. The molecule has 0 aromatic heterocycles. The molecule has 2 rings (SSSR count). The summed E-state index contributed by atoms with van der Waals surface area (Å²) in [6.45, 7) is 2.40. The summed E-state index contributed by atoms with van der Waals surface area (Å²) in [5.41, 5.74) is 1.23. The molecule has 1 aromatic rings. The summed E-state index contributed by atoms with van der Waals surface area (Å²) < 4.78 is 0. The Hall–Kier alpha value is -1.00. The molecule has 1 N–H and O–H groups in total. The lowest BCUT2D eigenvalue weighted by molar-refractivity contribution is -0.130. The Kier molecular flexibility index (Phi) is 5.49. The summed E-state index contributed by atoms with van der Waals surface area (Å²) in [5.74, 6) is 1.36. The van der Waals surface area contributed by atoms with E-state index in [9.17, 15) is 9.90 Å². The van der Waals surface area contributed by atoms with Crippen LogP contribution < -0.4 is 0 Å². The third kappa shape index (κ3) is 4.53. The number of thioether (sulfide) groups is 1. The van der Waals surface area contributed by atoms with E-state index in [4.69, 9.17) is 0 Å². The van der Waals surface area contributed by atoms with Gasteiger partial charge in [-0.2, -0.15) is 0 Å². The number of amides is 1. The molecule has 0 saturated heterocycles. The van der Waals surface area contributed by atoms with Crippen molar-refractivity contribution < 1.29 is 9.90 Å². The normalized spacial score (nSPS) is 17.6. The third-order valence-electron chi connectivity index (χ3n) is 3.69. The van der Waals surface area contributed by atoms with Crippen molar-refractivity contribution in [1.82, 2.24) is 4.90 Å². The predicted octanol–water partition coefficient (Wildman–Crippen LogP) is 2.54. The van der Waals surface area contributed by atoms with E-state index in [0.29, 0.717) is 12.5 Å². The molecule has 0 spiro atoms. The molecule has 4 heteroatoms. The molecule has 3 nitrogen and oxygen atoms in total. The van der Waals surface area contributed by atoms with Crippen LogP contribution in [0.15, 0.2) is 30.3 Å². The number of likely N-dealkylation sites (N-methyl/N-ethyl adjacent to an activating group) is 1. The lowest BCUT2D eigenvalue weighted by Gasteiger charge is -2.23. The number of hydrogen-bond acceptors (Lipinski definition) is 3. The van der Waals surface area contributed by atoms with Crippen LogP contribution in [0.25, 0.3) is 0 Å². The quantitative estimate of drug-likeness (QED) is 0.840. The van der Waals surface area contributed by atoms with Gasteiger partial charge >= 0.3 is 0 Å². The summed E-state index contributed by atoms with van der Waals surface area (Å²) >= 11 is 1.64. The molecule has 2 unspecified atom stereocenters. The predicted molar refractivity (Wildman–Crippen MR) is 83.6 cm³/mol. The largest absolute Gasteiger partial charge is 0.391 e. The molecule has 2 atom stereocenters. The standard InChI is InChI=1S/C16H23NO2S/c1-12(20-11-13-6-4-3-5-7-13)16(19)17(2)10-15(18)14-8-9-14/h3-7,12,14-15,18H,8-11H2,1-2H3. The van der Waals surface area contributed by atoms with Crippen molar-refractivity contribution in [3.8, 4) is 0 Å². The molecule has 110 valence electrons. The van der Waals surface area contributed by atoms with Crippen LogP contribution in [0.5, 0.6) is 0 Å². The molecular formula is C16H23NO2S. The Balaban J connectivity index is 1.75. The first-order chi connectivity index (χ1) is 9.58. The average molecular weight is 293 g/mol. The van der Waals surface area contributed by atoms with Crippen LogP contribution in [0, 0.1) is 5.92 Å². The van der Waals surface area contributed by atoms with Crippen molar-refractivity contribution in [2.75, 3.05) is 13.6 Å². The Morgan fingerprint density at radius 2 is 2.05 bits per heavy atom. The van der Waals surface area contributed by atoms with E-state index in [2.05, 4.69) is 12.1 Å². The Labute approximate surface area is 125 Å². The monoisotopic (exact) mass is 293 g/mol. The van der Waals surface area contributed by atoms with Gasteiger partial charge in [-0.25, -0.2) is 0 Å². The van der Waals surface area contributed by atoms with Gasteiger partial charge in [-0.15, -0.1) is 11.8 Å². The number of hydrogen-bond donors (Lipinski definition) is 1. The van der Waals surface area contributed by atoms with Gasteiger partial charge in [-0.1, -0.05) is 30.3 Å². The van der Waals surface area contributed by atoms with Crippen LogP contribution in [0.3, 0.4) is 0 Å². The summed E-state index contributed by atoms with van der Waals surface area (Å²) in [6.07, 6.45) is 1.85. The topological polar surface area (TPSA) is 40.5 Å². The SMILES string of the molecule is CC(SCc1ccccc1)C(=O)N(C)CC(O)C1CC1. The molecule has 1 aliphatic carbocycles. The Morgan fingerprint density at radius 3 is 2.65 bits per heavy atom. The fourth-order valence-corrected chi connectivity index (χ4v) is 3.14. The number of carbonyl (C=O) groups excluding carboxylic acids is 1. The van der Waals surface area contributed by atoms with Crippen molar-refractivity contribution in [3.05, 3.63) is 35.9 Å². The van der Waals surface area contributed by atoms with E-state index >= 15 is 0 Å². The maximum atomic E-state index is 12.2. The molecule has 1 fully saturated rings. The van der Waals surface area contributed by atoms with Gasteiger partial charge < -0.3 is 10.0 Å². The number of carbonyl (C=O) groups is 1. The van der Waals surface area contributed by atoms with E-state index in [1.54, 1.807) is 23.7 Å². The first-order valence-electron chi connectivity index (χ1n) is 7.16. The molecule has 1 saturated carbocycles. The molecule has 0 radical (unpaired) electrons. The van der Waals surface area contributed by atoms with Crippen molar-refractivity contribution in [2.24, 2.45) is 5.92 Å². The lowest BCUT2D eigenvalue weighted by Crippen LogP contribution is -2.39. The van der Waals surface area contributed by atoms with Gasteiger partial charge in [0.1, 0.15) is 0 Å². The molecular weight excluding hydrogens is 270 g/mol. The maximum Gasteiger partial charge on any atom is 0.235 e. The van der Waals surface area contributed by atoms with Crippen molar-refractivity contribution in [1.29, 1.82) is 0 Å². The minimum atomic E-state index is -0.352. The second-order valence-electron chi connectivity index (χ2n) is 5.56. The Bertz CT molecular complexity index is 433. The number of nitrogens with zero attached hydrogens (tertiary/aromatic N) is 1. The summed E-state index contributed by atoms with van der Waals surface area (Å²) in [7, 11) is 1.79. The van der Waals surface area contributed by atoms with Crippen LogP contribution in [0.2, 0.25) is 0 Å². The first kappa shape index (κ1) is 15.4. The fourth-order valence-electron chi connectivity index (χ4n) is 2.18. The highest BCUT2D eigenvalue weighted by Crippen LogP contribution is 2.32. The minimum absolute atomic E-state index is 0.0772. The lowest BCUT2D eigenvalue weighted by atomic mass is 10.2. The summed E-state index contributed by atoms with van der Waals surface area (Å²) in [5, 5.41) is 9.82. The van der Waals surface area contributed by atoms with Crippen molar-refractivity contribution in [3.63, 3.8) is 0 Å². The van der Waals surface area contributed by atoms with E-state index in [1.807, 2.05) is 25.1 Å². The molecule has 1 amide bonds. The highest BCUT2D eigenvalue weighted by atomic mass is 32.2. The van der Waals surface area contributed by atoms with Gasteiger partial charge in [0.25, 0.3) is 0 Å². The van der Waals surface area contributed by atoms with E-state index in [0.717, 1.165) is 18.6 Å². The van der Waals surface area contributed by atoms with Crippen LogP contribution in [0.4, 0.5) is 0 Å². The minimum Gasteiger partial charge on any atom is -0.391 e. The van der Waals surface area contributed by atoms with Gasteiger partial charge in [-0.3, -0.25) is 4.79 Å². The van der Waals surface area contributed by atoms with E-state index in [1.165, 1.54) is 5.56 Å². The van der Waals surface area contributed by atoms with Gasteiger partial charge in [0.2, 0.25) is 5.91 Å². The number of rotatable bonds is 7. The molecule has 1 aliphatic rings. The smallest absolute Gasteiger partial charge is 0.235 e. The molecule has 1 aromatic carbocycles. The van der Waals surface area contributed by atoms with Crippen LogP contribution in [0.1, 0.15) is 25.3 Å². The van der Waals surface area contributed by atoms with Crippen LogP contribution in [-0.2, 0) is 10.5 Å². The highest BCUT2D eigenvalue weighted by Gasteiger charge is 2.31. The molecule has 0 aliphatic heterocycles. The number of aliphatic hydroxyl groups is 1. The fraction of sp³-hybridized carbons (Fsp3) is 0.562. The Morgan fingerprint density at radius 1 is 1.40 bits per heavy atom. The second kappa shape index (κ2) is 7.14. The van der Waals surface area contributed by atoms with Crippen LogP contribution >= 0.6 is 11.8 Å². The molecule has 0 bridgehead atoms. The molecule has 20 heavy (non-hydrogen) atoms. The van der Waals surface area contributed by atoms with Gasteiger partial charge in [0.05, 0.1) is 11.4 Å². The van der Waals surface area contributed by atoms with Crippen LogP contribution in [-0.4, -0.2) is 40.9 Å². The maximum absolute atomic E-state index is 12.2. The summed E-state index contributed by atoms with van der Waals surface area (Å²) in [4.78, 5) is 13.9. The molecule has 0 heterocycles. The van der Waals surface area contributed by atoms with Gasteiger partial charge in [0.15, 0.2) is 0 Å². The zero-order valence-corrected chi connectivity index (χ0v) is 13.0. The second-order valence-corrected chi connectivity index (χ2v) is 6.89. The van der Waals surface area contributed by atoms with E-state index < -0.39 is 0 Å².